The number of carbonyl (C=O) groups excluding carboxylic acids is 1. The van der Waals surface area contributed by atoms with E-state index in [4.69, 9.17) is 0 Å². The maximum atomic E-state index is 12.1. The van der Waals surface area contributed by atoms with Crippen LogP contribution in [0.3, 0.4) is 0 Å². The molecular formula is C15H20N4O3S2. The maximum Gasteiger partial charge on any atom is 0.251 e. The van der Waals surface area contributed by atoms with Gasteiger partial charge in [-0.3, -0.25) is 4.79 Å². The van der Waals surface area contributed by atoms with Crippen LogP contribution in [0.4, 0.5) is 5.13 Å². The molecule has 0 fully saturated rings. The van der Waals surface area contributed by atoms with Crippen molar-refractivity contribution in [3.05, 3.63) is 40.9 Å². The van der Waals surface area contributed by atoms with Gasteiger partial charge in [-0.05, 0) is 24.3 Å². The van der Waals surface area contributed by atoms with E-state index in [0.29, 0.717) is 18.5 Å². The summed E-state index contributed by atoms with van der Waals surface area (Å²) < 4.78 is 25.1. The summed E-state index contributed by atoms with van der Waals surface area (Å²) in [7, 11) is 1.26. The summed E-state index contributed by atoms with van der Waals surface area (Å²) >= 11 is 1.52. The number of anilines is 1. The predicted molar refractivity (Wildman–Crippen MR) is 95.0 cm³/mol. The highest BCUT2D eigenvalue weighted by Crippen LogP contribution is 2.15. The van der Waals surface area contributed by atoms with Crippen molar-refractivity contribution >= 4 is 32.4 Å². The van der Waals surface area contributed by atoms with Crippen molar-refractivity contribution in [2.24, 2.45) is 0 Å². The number of nitrogens with zero attached hydrogens (tertiary/aromatic N) is 2. The zero-order chi connectivity index (χ0) is 17.7. The van der Waals surface area contributed by atoms with E-state index in [2.05, 4.69) is 15.6 Å². The van der Waals surface area contributed by atoms with Gasteiger partial charge in [0.15, 0.2) is 5.13 Å². The molecule has 0 aliphatic carbocycles. The molecule has 2 N–H and O–H groups in total. The molecule has 2 aromatic rings. The first-order chi connectivity index (χ1) is 11.3. The van der Waals surface area contributed by atoms with Crippen molar-refractivity contribution < 1.29 is 13.2 Å². The Hall–Kier alpha value is -1.97. The van der Waals surface area contributed by atoms with Crippen LogP contribution in [0.2, 0.25) is 0 Å². The second-order valence-electron chi connectivity index (χ2n) is 5.21. The van der Waals surface area contributed by atoms with Gasteiger partial charge in [-0.15, -0.1) is 11.3 Å². The molecule has 0 spiro atoms. The molecule has 0 bridgehead atoms. The Labute approximate surface area is 145 Å². The molecule has 0 aliphatic rings. The van der Waals surface area contributed by atoms with Crippen molar-refractivity contribution in [3.63, 3.8) is 0 Å². The lowest BCUT2D eigenvalue weighted by Crippen LogP contribution is -2.26. The number of hydrogen-bond donors (Lipinski definition) is 2. The summed E-state index contributed by atoms with van der Waals surface area (Å²) in [6.45, 7) is 0.462. The van der Waals surface area contributed by atoms with E-state index in [1.54, 1.807) is 0 Å². The van der Waals surface area contributed by atoms with Crippen LogP contribution in [0, 0.1) is 0 Å². The molecule has 130 valence electrons. The number of hydrogen-bond acceptors (Lipinski definition) is 6. The molecule has 7 nitrogen and oxygen atoms in total. The summed E-state index contributed by atoms with van der Waals surface area (Å²) in [6, 6.07) is 5.88. The minimum absolute atomic E-state index is 0.158. The number of thiazole rings is 1. The number of benzene rings is 1. The van der Waals surface area contributed by atoms with Gasteiger partial charge in [-0.25, -0.2) is 17.7 Å². The molecule has 24 heavy (non-hydrogen) atoms. The van der Waals surface area contributed by atoms with Crippen LogP contribution in [0.5, 0.6) is 0 Å². The first-order valence-corrected chi connectivity index (χ1v) is 9.59. The smallest absolute Gasteiger partial charge is 0.251 e. The topological polar surface area (TPSA) is 91.4 Å². The van der Waals surface area contributed by atoms with Gasteiger partial charge >= 0.3 is 0 Å². The van der Waals surface area contributed by atoms with E-state index in [-0.39, 0.29) is 10.8 Å². The number of nitrogens with one attached hydrogen (secondary N) is 2. The second kappa shape index (κ2) is 7.73. The van der Waals surface area contributed by atoms with Gasteiger partial charge in [0.25, 0.3) is 5.91 Å². The SMILES string of the molecule is CNc1nc(CCNC(=O)c2ccc(S(=O)(=O)N(C)C)cc2)cs1. The van der Waals surface area contributed by atoms with E-state index in [9.17, 15) is 13.2 Å². The Morgan fingerprint density at radius 1 is 1.25 bits per heavy atom. The number of aromatic nitrogens is 1. The van der Waals surface area contributed by atoms with Gasteiger partial charge in [0.2, 0.25) is 10.0 Å². The van der Waals surface area contributed by atoms with Crippen LogP contribution in [0.1, 0.15) is 16.1 Å². The molecule has 0 aliphatic heterocycles. The minimum Gasteiger partial charge on any atom is -0.365 e. The number of rotatable bonds is 7. The first-order valence-electron chi connectivity index (χ1n) is 7.27. The molecule has 1 aromatic heterocycles. The van der Waals surface area contributed by atoms with Crippen molar-refractivity contribution in [2.45, 2.75) is 11.3 Å². The van der Waals surface area contributed by atoms with Crippen molar-refractivity contribution in [2.75, 3.05) is 33.0 Å². The fourth-order valence-electron chi connectivity index (χ4n) is 1.93. The van der Waals surface area contributed by atoms with Crippen LogP contribution in [0.15, 0.2) is 34.5 Å². The Morgan fingerprint density at radius 2 is 1.92 bits per heavy atom. The minimum atomic E-state index is -3.48. The predicted octanol–water partition coefficient (Wildman–Crippen LogP) is 1.41. The fourth-order valence-corrected chi connectivity index (χ4v) is 3.54. The van der Waals surface area contributed by atoms with E-state index in [0.717, 1.165) is 15.1 Å². The van der Waals surface area contributed by atoms with E-state index < -0.39 is 10.0 Å². The lowest BCUT2D eigenvalue weighted by atomic mass is 10.2. The fraction of sp³-hybridized carbons (Fsp3) is 0.333. The average molecular weight is 368 g/mol. The lowest BCUT2D eigenvalue weighted by molar-refractivity contribution is 0.0954. The highest BCUT2D eigenvalue weighted by atomic mass is 32.2. The quantitative estimate of drug-likeness (QED) is 0.771. The second-order valence-corrected chi connectivity index (χ2v) is 8.22. The van der Waals surface area contributed by atoms with Crippen molar-refractivity contribution in [3.8, 4) is 0 Å². The Kier molecular flexibility index (Phi) is 5.92. The zero-order valence-electron chi connectivity index (χ0n) is 13.7. The third-order valence-corrected chi connectivity index (χ3v) is 6.07. The molecule has 1 heterocycles. The van der Waals surface area contributed by atoms with Crippen LogP contribution < -0.4 is 10.6 Å². The van der Waals surface area contributed by atoms with Crippen LogP contribution >= 0.6 is 11.3 Å². The molecule has 0 unspecified atom stereocenters. The summed E-state index contributed by atoms with van der Waals surface area (Å²) in [5.41, 5.74) is 1.33. The summed E-state index contributed by atoms with van der Waals surface area (Å²) in [6.07, 6.45) is 0.636. The van der Waals surface area contributed by atoms with Crippen LogP contribution in [0.25, 0.3) is 0 Å². The van der Waals surface area contributed by atoms with Crippen LogP contribution in [-0.2, 0) is 16.4 Å². The normalized spacial score (nSPS) is 11.5. The van der Waals surface area contributed by atoms with Gasteiger partial charge in [0.05, 0.1) is 10.6 Å². The van der Waals surface area contributed by atoms with Gasteiger partial charge in [-0.2, -0.15) is 0 Å². The van der Waals surface area contributed by atoms with E-state index in [1.807, 2.05) is 12.4 Å². The number of sulfonamides is 1. The molecule has 0 saturated carbocycles. The number of amides is 1. The van der Waals surface area contributed by atoms with Gasteiger partial charge in [0.1, 0.15) is 0 Å². The van der Waals surface area contributed by atoms with Crippen molar-refractivity contribution in [1.82, 2.24) is 14.6 Å². The molecule has 1 amide bonds. The maximum absolute atomic E-state index is 12.1. The highest BCUT2D eigenvalue weighted by molar-refractivity contribution is 7.89. The zero-order valence-corrected chi connectivity index (χ0v) is 15.4. The Bertz CT molecular complexity index is 798. The summed E-state index contributed by atoms with van der Waals surface area (Å²) in [4.78, 5) is 16.6. The average Bonchev–Trinajstić information content (AvgIpc) is 3.02. The lowest BCUT2D eigenvalue weighted by Gasteiger charge is -2.11. The first kappa shape index (κ1) is 18.4. The Morgan fingerprint density at radius 3 is 2.46 bits per heavy atom. The highest BCUT2D eigenvalue weighted by Gasteiger charge is 2.17. The summed E-state index contributed by atoms with van der Waals surface area (Å²) in [5.74, 6) is -0.243. The summed E-state index contributed by atoms with van der Waals surface area (Å²) in [5, 5.41) is 8.55. The molecule has 1 aromatic carbocycles. The monoisotopic (exact) mass is 368 g/mol. The van der Waals surface area contributed by atoms with Gasteiger partial charge < -0.3 is 10.6 Å². The largest absolute Gasteiger partial charge is 0.365 e. The van der Waals surface area contributed by atoms with E-state index in [1.165, 1.54) is 49.7 Å². The van der Waals surface area contributed by atoms with Gasteiger partial charge in [0, 0.05) is 45.1 Å². The molecule has 2 rings (SSSR count). The molecule has 9 heteroatoms. The van der Waals surface area contributed by atoms with Crippen molar-refractivity contribution in [1.29, 1.82) is 0 Å². The third-order valence-electron chi connectivity index (χ3n) is 3.33. The van der Waals surface area contributed by atoms with Crippen LogP contribution in [-0.4, -0.2) is 51.3 Å². The Balaban J connectivity index is 1.93. The van der Waals surface area contributed by atoms with E-state index >= 15 is 0 Å². The molecule has 0 atom stereocenters. The third kappa shape index (κ3) is 4.31. The molecule has 0 saturated heterocycles. The molecule has 0 radical (unpaired) electrons. The number of carbonyl (C=O) groups is 1. The molecular weight excluding hydrogens is 348 g/mol. The standard InChI is InChI=1S/C15H20N4O3S2/c1-16-15-18-12(10-23-15)8-9-17-14(20)11-4-6-13(7-5-11)24(21,22)19(2)3/h4-7,10H,8-9H2,1-3H3,(H,16,18)(H,17,20). The van der Waals surface area contributed by atoms with Gasteiger partial charge in [-0.1, -0.05) is 0 Å².